The molecule has 1 unspecified atom stereocenters. The normalized spacial score (nSPS) is 13.4. The Morgan fingerprint density at radius 2 is 1.83 bits per heavy atom. The van der Waals surface area contributed by atoms with Gasteiger partial charge in [0.05, 0.1) is 0 Å². The molecular formula is C15H25NOS. The van der Waals surface area contributed by atoms with Gasteiger partial charge in [0.15, 0.2) is 0 Å². The Morgan fingerprint density at radius 3 is 2.33 bits per heavy atom. The van der Waals surface area contributed by atoms with Crippen LogP contribution in [0.3, 0.4) is 0 Å². The molecular weight excluding hydrogens is 242 g/mol. The summed E-state index contributed by atoms with van der Waals surface area (Å²) in [5.41, 5.74) is 2.33. The number of aliphatic hydroxyl groups is 1. The van der Waals surface area contributed by atoms with Crippen LogP contribution in [-0.4, -0.2) is 28.3 Å². The molecule has 0 radical (unpaired) electrons. The molecule has 18 heavy (non-hydrogen) atoms. The van der Waals surface area contributed by atoms with Gasteiger partial charge in [-0.1, -0.05) is 32.9 Å². The van der Waals surface area contributed by atoms with E-state index >= 15 is 0 Å². The molecule has 0 spiro atoms. The van der Waals surface area contributed by atoms with Gasteiger partial charge < -0.3 is 10.4 Å². The molecule has 1 atom stereocenters. The predicted octanol–water partition coefficient (Wildman–Crippen LogP) is 3.55. The summed E-state index contributed by atoms with van der Waals surface area (Å²) in [7, 11) is 0. The molecule has 0 fully saturated rings. The minimum Gasteiger partial charge on any atom is -0.396 e. The smallest absolute Gasteiger partial charge is 0.0471 e. The van der Waals surface area contributed by atoms with Gasteiger partial charge in [0, 0.05) is 28.8 Å². The zero-order chi connectivity index (χ0) is 13.6. The van der Waals surface area contributed by atoms with Crippen LogP contribution in [0.5, 0.6) is 0 Å². The van der Waals surface area contributed by atoms with E-state index in [0.717, 1.165) is 17.9 Å². The van der Waals surface area contributed by atoms with Crippen LogP contribution < -0.4 is 5.32 Å². The van der Waals surface area contributed by atoms with Crippen LogP contribution in [-0.2, 0) is 6.42 Å². The lowest BCUT2D eigenvalue weighted by Crippen LogP contribution is -2.21. The van der Waals surface area contributed by atoms with E-state index in [2.05, 4.69) is 57.3 Å². The molecule has 0 aromatic heterocycles. The summed E-state index contributed by atoms with van der Waals surface area (Å²) in [6, 6.07) is 8.77. The van der Waals surface area contributed by atoms with Gasteiger partial charge in [-0.05, 0) is 31.0 Å². The number of aliphatic hydroxyl groups excluding tert-OH is 1. The van der Waals surface area contributed by atoms with Crippen molar-refractivity contribution in [3.05, 3.63) is 29.8 Å². The maximum absolute atomic E-state index is 8.86. The van der Waals surface area contributed by atoms with Gasteiger partial charge in [-0.15, -0.1) is 0 Å². The number of benzene rings is 1. The van der Waals surface area contributed by atoms with Crippen LogP contribution in [0.25, 0.3) is 0 Å². The van der Waals surface area contributed by atoms with E-state index in [0.29, 0.717) is 10.8 Å². The van der Waals surface area contributed by atoms with Gasteiger partial charge in [-0.2, -0.15) is 11.8 Å². The average Bonchev–Trinajstić information content (AvgIpc) is 2.29. The van der Waals surface area contributed by atoms with Crippen molar-refractivity contribution in [1.29, 1.82) is 0 Å². The maximum atomic E-state index is 8.86. The standard InChI is InChI=1S/C15H25NOS/c1-12(11-18-15(2,3)4)16-14-7-5-13(6-8-14)9-10-17/h5-8,12,16-17H,9-11H2,1-4H3. The Hall–Kier alpha value is -0.670. The second-order valence-electron chi connectivity index (χ2n) is 5.64. The van der Waals surface area contributed by atoms with E-state index in [1.165, 1.54) is 5.56 Å². The third-order valence-corrected chi connectivity index (χ3v) is 4.07. The van der Waals surface area contributed by atoms with Crippen molar-refractivity contribution in [3.8, 4) is 0 Å². The Labute approximate surface area is 115 Å². The van der Waals surface area contributed by atoms with E-state index in [4.69, 9.17) is 5.11 Å². The van der Waals surface area contributed by atoms with Crippen molar-refractivity contribution < 1.29 is 5.11 Å². The van der Waals surface area contributed by atoms with Gasteiger partial charge in [0.25, 0.3) is 0 Å². The molecule has 0 saturated carbocycles. The number of hydrogen-bond donors (Lipinski definition) is 2. The summed E-state index contributed by atoms with van der Waals surface area (Å²) in [5, 5.41) is 12.4. The zero-order valence-electron chi connectivity index (χ0n) is 11.9. The molecule has 2 nitrogen and oxygen atoms in total. The van der Waals surface area contributed by atoms with E-state index in [1.54, 1.807) is 0 Å². The summed E-state index contributed by atoms with van der Waals surface area (Å²) in [4.78, 5) is 0. The highest BCUT2D eigenvalue weighted by molar-refractivity contribution is 8.00. The monoisotopic (exact) mass is 267 g/mol. The molecule has 0 aliphatic rings. The summed E-state index contributed by atoms with van der Waals surface area (Å²) >= 11 is 1.98. The van der Waals surface area contributed by atoms with Crippen LogP contribution >= 0.6 is 11.8 Å². The molecule has 0 amide bonds. The van der Waals surface area contributed by atoms with E-state index in [9.17, 15) is 0 Å². The van der Waals surface area contributed by atoms with Gasteiger partial charge in [-0.25, -0.2) is 0 Å². The van der Waals surface area contributed by atoms with Crippen LogP contribution in [0.1, 0.15) is 33.3 Å². The highest BCUT2D eigenvalue weighted by atomic mass is 32.2. The number of nitrogens with one attached hydrogen (secondary N) is 1. The van der Waals surface area contributed by atoms with Crippen LogP contribution in [0, 0.1) is 0 Å². The summed E-state index contributed by atoms with van der Waals surface area (Å²) in [6.07, 6.45) is 0.732. The number of anilines is 1. The van der Waals surface area contributed by atoms with Crippen LogP contribution in [0.4, 0.5) is 5.69 Å². The second-order valence-corrected chi connectivity index (χ2v) is 7.49. The van der Waals surface area contributed by atoms with E-state index in [1.807, 2.05) is 11.8 Å². The Bertz CT molecular complexity index is 343. The van der Waals surface area contributed by atoms with Crippen molar-refractivity contribution in [3.63, 3.8) is 0 Å². The SMILES string of the molecule is CC(CSC(C)(C)C)Nc1ccc(CCO)cc1. The molecule has 1 aromatic carbocycles. The third kappa shape index (κ3) is 6.31. The van der Waals surface area contributed by atoms with Gasteiger partial charge in [-0.3, -0.25) is 0 Å². The maximum Gasteiger partial charge on any atom is 0.0471 e. The lowest BCUT2D eigenvalue weighted by atomic mass is 10.1. The highest BCUT2D eigenvalue weighted by Crippen LogP contribution is 2.24. The molecule has 102 valence electrons. The fraction of sp³-hybridized carbons (Fsp3) is 0.600. The molecule has 0 saturated heterocycles. The second kappa shape index (κ2) is 7.05. The van der Waals surface area contributed by atoms with E-state index < -0.39 is 0 Å². The highest BCUT2D eigenvalue weighted by Gasteiger charge is 2.12. The van der Waals surface area contributed by atoms with Crippen molar-refractivity contribution in [2.75, 3.05) is 17.7 Å². The first-order valence-electron chi connectivity index (χ1n) is 6.51. The lowest BCUT2D eigenvalue weighted by Gasteiger charge is -2.22. The molecule has 1 aromatic rings. The number of rotatable bonds is 6. The van der Waals surface area contributed by atoms with Gasteiger partial charge in [0.1, 0.15) is 0 Å². The first-order valence-corrected chi connectivity index (χ1v) is 7.49. The van der Waals surface area contributed by atoms with Crippen molar-refractivity contribution in [1.82, 2.24) is 0 Å². The summed E-state index contributed by atoms with van der Waals surface area (Å²) in [5.74, 6) is 1.10. The lowest BCUT2D eigenvalue weighted by molar-refractivity contribution is 0.299. The third-order valence-electron chi connectivity index (χ3n) is 2.53. The van der Waals surface area contributed by atoms with Crippen molar-refractivity contribution in [2.24, 2.45) is 0 Å². The quantitative estimate of drug-likeness (QED) is 0.826. The predicted molar refractivity (Wildman–Crippen MR) is 82.5 cm³/mol. The minimum atomic E-state index is 0.214. The largest absolute Gasteiger partial charge is 0.396 e. The van der Waals surface area contributed by atoms with Gasteiger partial charge >= 0.3 is 0 Å². The summed E-state index contributed by atoms with van der Waals surface area (Å²) in [6.45, 7) is 9.15. The van der Waals surface area contributed by atoms with E-state index in [-0.39, 0.29) is 6.61 Å². The first-order chi connectivity index (χ1) is 8.40. The first kappa shape index (κ1) is 15.4. The fourth-order valence-corrected chi connectivity index (χ4v) is 2.43. The molecule has 0 aliphatic heterocycles. The average molecular weight is 267 g/mol. The topological polar surface area (TPSA) is 32.3 Å². The molecule has 2 N–H and O–H groups in total. The zero-order valence-corrected chi connectivity index (χ0v) is 12.7. The molecule has 0 heterocycles. The molecule has 3 heteroatoms. The van der Waals surface area contributed by atoms with Crippen molar-refractivity contribution in [2.45, 2.75) is 44.9 Å². The van der Waals surface area contributed by atoms with Gasteiger partial charge in [0.2, 0.25) is 0 Å². The Balaban J connectivity index is 2.41. The van der Waals surface area contributed by atoms with Crippen LogP contribution in [0.2, 0.25) is 0 Å². The van der Waals surface area contributed by atoms with Crippen molar-refractivity contribution >= 4 is 17.4 Å². The molecule has 0 bridgehead atoms. The Kier molecular flexibility index (Phi) is 6.03. The summed E-state index contributed by atoms with van der Waals surface area (Å²) < 4.78 is 0.320. The Morgan fingerprint density at radius 1 is 1.22 bits per heavy atom. The van der Waals surface area contributed by atoms with Crippen LogP contribution in [0.15, 0.2) is 24.3 Å². The molecule has 1 rings (SSSR count). The molecule has 0 aliphatic carbocycles. The fourth-order valence-electron chi connectivity index (χ4n) is 1.60. The minimum absolute atomic E-state index is 0.214. The number of hydrogen-bond acceptors (Lipinski definition) is 3. The number of thioether (sulfide) groups is 1.